The van der Waals surface area contributed by atoms with Gasteiger partial charge in [0.05, 0.1) is 23.1 Å². The predicted molar refractivity (Wildman–Crippen MR) is 116 cm³/mol. The zero-order valence-electron chi connectivity index (χ0n) is 16.0. The molecule has 2 aromatic carbocycles. The van der Waals surface area contributed by atoms with Crippen LogP contribution in [0.25, 0.3) is 28.2 Å². The number of hydrogen-bond donors (Lipinski definition) is 0. The summed E-state index contributed by atoms with van der Waals surface area (Å²) in [5.41, 5.74) is 4.61. The van der Waals surface area contributed by atoms with Crippen molar-refractivity contribution in [3.8, 4) is 17.1 Å². The van der Waals surface area contributed by atoms with Crippen LogP contribution in [0.5, 0.6) is 0 Å². The lowest BCUT2D eigenvalue weighted by Crippen LogP contribution is -2.06. The zero-order chi connectivity index (χ0) is 20.5. The van der Waals surface area contributed by atoms with Crippen LogP contribution in [-0.2, 0) is 0 Å². The zero-order valence-corrected chi connectivity index (χ0v) is 16.8. The smallest absolute Gasteiger partial charge is 0.234 e. The van der Waals surface area contributed by atoms with E-state index in [2.05, 4.69) is 10.1 Å². The lowest BCUT2D eigenvalue weighted by Gasteiger charge is -2.05. The fourth-order valence-electron chi connectivity index (χ4n) is 3.07. The summed E-state index contributed by atoms with van der Waals surface area (Å²) in [4.78, 5) is 13.6. The molecule has 0 atom stereocenters. The summed E-state index contributed by atoms with van der Waals surface area (Å²) in [6.07, 6.45) is 3.34. The fraction of sp³-hybridized carbons (Fsp3) is 0.0435. The number of aryl methyl sites for hydroxylation is 1. The van der Waals surface area contributed by atoms with Crippen molar-refractivity contribution in [2.75, 3.05) is 0 Å². The highest BCUT2D eigenvalue weighted by Gasteiger charge is 2.14. The first-order chi connectivity index (χ1) is 14.7. The van der Waals surface area contributed by atoms with Gasteiger partial charge in [-0.1, -0.05) is 47.5 Å². The summed E-state index contributed by atoms with van der Waals surface area (Å²) in [5, 5.41) is 5.64. The quantitative estimate of drug-likeness (QED) is 0.378. The van der Waals surface area contributed by atoms with Crippen LogP contribution in [0.4, 0.5) is 5.69 Å². The van der Waals surface area contributed by atoms with Crippen LogP contribution in [0.15, 0.2) is 88.5 Å². The van der Waals surface area contributed by atoms with Crippen molar-refractivity contribution < 1.29 is 4.42 Å². The number of nitrogens with zero attached hydrogens (tertiary/aromatic N) is 5. The van der Waals surface area contributed by atoms with Gasteiger partial charge in [-0.3, -0.25) is 0 Å². The highest BCUT2D eigenvalue weighted by molar-refractivity contribution is 6.29. The van der Waals surface area contributed by atoms with Gasteiger partial charge in [0.1, 0.15) is 10.5 Å². The second-order valence-electron chi connectivity index (χ2n) is 6.77. The molecule has 0 aliphatic rings. The van der Waals surface area contributed by atoms with Crippen LogP contribution in [0.1, 0.15) is 5.56 Å². The molecule has 0 amide bonds. The van der Waals surface area contributed by atoms with Crippen molar-refractivity contribution >= 4 is 28.3 Å². The average molecular weight is 414 g/mol. The molecule has 0 saturated carbocycles. The molecule has 146 valence electrons. The standard InChI is InChI=1S/C23H16ClN5O/c1-15-7-10-17(11-8-15)27-23-19-14-26-29(18-5-3-2-4-6-18)21(19)28-22(30-23)16-9-12-20(24)25-13-16/h2-14H,1H3. The van der Waals surface area contributed by atoms with E-state index in [1.807, 2.05) is 67.6 Å². The van der Waals surface area contributed by atoms with Crippen LogP contribution in [0, 0.1) is 6.92 Å². The van der Waals surface area contributed by atoms with Gasteiger partial charge in [-0.05, 0) is 43.3 Å². The Balaban J connectivity index is 1.78. The van der Waals surface area contributed by atoms with Crippen LogP contribution in [0.2, 0.25) is 5.15 Å². The molecule has 0 bridgehead atoms. The molecule has 3 aromatic heterocycles. The number of benzene rings is 2. The van der Waals surface area contributed by atoms with Crippen molar-refractivity contribution in [2.24, 2.45) is 4.99 Å². The molecule has 0 radical (unpaired) electrons. The second kappa shape index (κ2) is 7.57. The number of pyridine rings is 1. The summed E-state index contributed by atoms with van der Waals surface area (Å²) in [6.45, 7) is 2.04. The van der Waals surface area contributed by atoms with Crippen LogP contribution >= 0.6 is 11.6 Å². The lowest BCUT2D eigenvalue weighted by molar-refractivity contribution is 0.504. The SMILES string of the molecule is Cc1ccc(N=c2oc(-c3ccc(Cl)nc3)nc3c2cnn3-c2ccccc2)cc1. The van der Waals surface area contributed by atoms with Gasteiger partial charge >= 0.3 is 0 Å². The molecule has 0 unspecified atom stereocenters. The number of halogens is 1. The van der Waals surface area contributed by atoms with Gasteiger partial charge < -0.3 is 4.42 Å². The third kappa shape index (κ3) is 3.49. The van der Waals surface area contributed by atoms with Gasteiger partial charge in [-0.25, -0.2) is 14.7 Å². The van der Waals surface area contributed by atoms with Gasteiger partial charge in [0.15, 0.2) is 5.65 Å². The molecule has 0 spiro atoms. The minimum absolute atomic E-state index is 0.384. The fourth-order valence-corrected chi connectivity index (χ4v) is 3.18. The van der Waals surface area contributed by atoms with Crippen molar-refractivity contribution in [3.63, 3.8) is 0 Å². The normalized spacial score (nSPS) is 11.9. The molecule has 5 rings (SSSR count). The van der Waals surface area contributed by atoms with Crippen molar-refractivity contribution in [1.82, 2.24) is 19.7 Å². The van der Waals surface area contributed by atoms with E-state index in [9.17, 15) is 0 Å². The van der Waals surface area contributed by atoms with E-state index >= 15 is 0 Å². The second-order valence-corrected chi connectivity index (χ2v) is 7.16. The van der Waals surface area contributed by atoms with E-state index in [0.29, 0.717) is 33.2 Å². The third-order valence-electron chi connectivity index (χ3n) is 4.61. The first kappa shape index (κ1) is 18.3. The Hall–Kier alpha value is -3.77. The summed E-state index contributed by atoms with van der Waals surface area (Å²) in [5.74, 6) is 0.384. The van der Waals surface area contributed by atoms with E-state index in [1.165, 1.54) is 0 Å². The molecule has 3 heterocycles. The van der Waals surface area contributed by atoms with Crippen LogP contribution < -0.4 is 5.55 Å². The first-order valence-corrected chi connectivity index (χ1v) is 9.73. The predicted octanol–water partition coefficient (Wildman–Crippen LogP) is 5.27. The number of fused-ring (bicyclic) bond motifs is 1. The summed E-state index contributed by atoms with van der Waals surface area (Å²) in [6, 6.07) is 21.2. The highest BCUT2D eigenvalue weighted by atomic mass is 35.5. The van der Waals surface area contributed by atoms with Crippen LogP contribution in [-0.4, -0.2) is 19.7 Å². The molecule has 0 saturated heterocycles. The molecule has 7 heteroatoms. The maximum atomic E-state index is 6.09. The molecule has 30 heavy (non-hydrogen) atoms. The number of para-hydroxylation sites is 1. The molecule has 6 nitrogen and oxygen atoms in total. The maximum Gasteiger partial charge on any atom is 0.234 e. The van der Waals surface area contributed by atoms with E-state index in [-0.39, 0.29) is 0 Å². The summed E-state index contributed by atoms with van der Waals surface area (Å²) in [7, 11) is 0. The van der Waals surface area contributed by atoms with Gasteiger partial charge in [0.25, 0.3) is 0 Å². The molecule has 0 aliphatic carbocycles. The van der Waals surface area contributed by atoms with E-state index in [0.717, 1.165) is 16.9 Å². The summed E-state index contributed by atoms with van der Waals surface area (Å²) < 4.78 is 7.86. The number of rotatable bonds is 3. The lowest BCUT2D eigenvalue weighted by atomic mass is 10.2. The Bertz CT molecular complexity index is 1390. The van der Waals surface area contributed by atoms with Gasteiger partial charge in [-0.15, -0.1) is 0 Å². The largest absolute Gasteiger partial charge is 0.419 e. The highest BCUT2D eigenvalue weighted by Crippen LogP contribution is 2.22. The molecule has 0 aliphatic heterocycles. The minimum atomic E-state index is 0.384. The Labute approximate surface area is 177 Å². The van der Waals surface area contributed by atoms with Crippen molar-refractivity contribution in [1.29, 1.82) is 0 Å². The number of aromatic nitrogens is 4. The average Bonchev–Trinajstić information content (AvgIpc) is 3.21. The molecular formula is C23H16ClN5O. The first-order valence-electron chi connectivity index (χ1n) is 9.35. The van der Waals surface area contributed by atoms with Gasteiger partial charge in [0.2, 0.25) is 11.4 Å². The monoisotopic (exact) mass is 413 g/mol. The Morgan fingerprint density at radius 1 is 0.933 bits per heavy atom. The van der Waals surface area contributed by atoms with Gasteiger partial charge in [0, 0.05) is 6.20 Å². The Morgan fingerprint density at radius 2 is 1.73 bits per heavy atom. The van der Waals surface area contributed by atoms with Crippen molar-refractivity contribution in [3.05, 3.63) is 95.4 Å². The van der Waals surface area contributed by atoms with Crippen LogP contribution in [0.3, 0.4) is 0 Å². The Kier molecular flexibility index (Phi) is 4.61. The summed E-state index contributed by atoms with van der Waals surface area (Å²) >= 11 is 5.94. The molecule has 0 fully saturated rings. The third-order valence-corrected chi connectivity index (χ3v) is 4.84. The van der Waals surface area contributed by atoms with E-state index in [4.69, 9.17) is 26.0 Å². The number of hydrogen-bond acceptors (Lipinski definition) is 5. The molecule has 0 N–H and O–H groups in total. The topological polar surface area (TPSA) is 69.1 Å². The maximum absolute atomic E-state index is 6.09. The Morgan fingerprint density at radius 3 is 2.47 bits per heavy atom. The van der Waals surface area contributed by atoms with E-state index in [1.54, 1.807) is 23.1 Å². The van der Waals surface area contributed by atoms with Gasteiger partial charge in [-0.2, -0.15) is 10.1 Å². The minimum Gasteiger partial charge on any atom is -0.419 e. The molecular weight excluding hydrogens is 398 g/mol. The molecule has 5 aromatic rings. The van der Waals surface area contributed by atoms with E-state index < -0.39 is 0 Å². The van der Waals surface area contributed by atoms with Crippen molar-refractivity contribution in [2.45, 2.75) is 6.92 Å².